The molecule has 204 valence electrons. The Kier molecular flexibility index (Phi) is 8.76. The monoisotopic (exact) mass is 549 g/mol. The number of rotatable bonds is 7. The molecule has 0 aliphatic heterocycles. The van der Waals surface area contributed by atoms with Gasteiger partial charge in [-0.1, -0.05) is 58.4 Å². The van der Waals surface area contributed by atoms with Gasteiger partial charge in [0.05, 0.1) is 22.6 Å². The SMILES string of the molecule is CC(C)CN(CC(=O)Nc1cc(C(C)(C)C)nn1-c1ccc(Cl)cc1)C(=O)Nc1ccccc1C(F)(F)F. The van der Waals surface area contributed by atoms with Crippen molar-refractivity contribution in [2.24, 2.45) is 5.92 Å². The van der Waals surface area contributed by atoms with Crippen LogP contribution in [-0.2, 0) is 16.4 Å². The van der Waals surface area contributed by atoms with Crippen molar-refractivity contribution in [3.05, 3.63) is 70.9 Å². The molecule has 0 fully saturated rings. The number of nitrogens with one attached hydrogen (secondary N) is 2. The van der Waals surface area contributed by atoms with Crippen molar-refractivity contribution >= 4 is 35.0 Å². The summed E-state index contributed by atoms with van der Waals surface area (Å²) in [7, 11) is 0. The molecule has 3 aromatic rings. The summed E-state index contributed by atoms with van der Waals surface area (Å²) in [5.74, 6) is -0.187. The molecule has 2 aromatic carbocycles. The maximum absolute atomic E-state index is 13.4. The molecule has 2 N–H and O–H groups in total. The minimum Gasteiger partial charge on any atom is -0.315 e. The van der Waals surface area contributed by atoms with Crippen LogP contribution in [0.4, 0.5) is 29.5 Å². The van der Waals surface area contributed by atoms with E-state index < -0.39 is 23.7 Å². The van der Waals surface area contributed by atoms with Crippen LogP contribution in [0.15, 0.2) is 54.6 Å². The number of para-hydroxylation sites is 1. The summed E-state index contributed by atoms with van der Waals surface area (Å²) in [5.41, 5.74) is -0.269. The molecule has 0 aliphatic carbocycles. The Morgan fingerprint density at radius 2 is 1.66 bits per heavy atom. The third-order valence-electron chi connectivity index (χ3n) is 5.50. The highest BCUT2D eigenvalue weighted by Crippen LogP contribution is 2.34. The lowest BCUT2D eigenvalue weighted by atomic mass is 9.92. The number of carbonyl (C=O) groups excluding carboxylic acids is 2. The molecule has 1 heterocycles. The van der Waals surface area contributed by atoms with Gasteiger partial charge in [0.2, 0.25) is 5.91 Å². The highest BCUT2D eigenvalue weighted by molar-refractivity contribution is 6.30. The molecular formula is C27H31ClF3N5O2. The molecule has 0 atom stereocenters. The van der Waals surface area contributed by atoms with E-state index in [1.807, 2.05) is 34.6 Å². The van der Waals surface area contributed by atoms with E-state index in [1.54, 1.807) is 35.0 Å². The summed E-state index contributed by atoms with van der Waals surface area (Å²) in [4.78, 5) is 27.3. The number of benzene rings is 2. The number of anilines is 2. The fourth-order valence-electron chi connectivity index (χ4n) is 3.67. The largest absolute Gasteiger partial charge is 0.418 e. The van der Waals surface area contributed by atoms with Crippen molar-refractivity contribution in [3.8, 4) is 5.69 Å². The van der Waals surface area contributed by atoms with Gasteiger partial charge in [0, 0.05) is 23.0 Å². The molecule has 0 unspecified atom stereocenters. The number of aromatic nitrogens is 2. The quantitative estimate of drug-likeness (QED) is 0.334. The van der Waals surface area contributed by atoms with Crippen LogP contribution in [-0.4, -0.2) is 39.7 Å². The molecule has 0 saturated heterocycles. The Morgan fingerprint density at radius 3 is 2.24 bits per heavy atom. The van der Waals surface area contributed by atoms with Crippen LogP contribution in [0.25, 0.3) is 5.69 Å². The predicted octanol–water partition coefficient (Wildman–Crippen LogP) is 6.97. The molecule has 0 bridgehead atoms. The first-order valence-electron chi connectivity index (χ1n) is 12.0. The van der Waals surface area contributed by atoms with E-state index in [1.165, 1.54) is 23.1 Å². The molecule has 3 rings (SSSR count). The van der Waals surface area contributed by atoms with Gasteiger partial charge in [-0.25, -0.2) is 9.48 Å². The van der Waals surface area contributed by atoms with Crippen LogP contribution < -0.4 is 10.6 Å². The van der Waals surface area contributed by atoms with Crippen molar-refractivity contribution in [3.63, 3.8) is 0 Å². The Hall–Kier alpha value is -3.53. The Labute approximate surface area is 225 Å². The smallest absolute Gasteiger partial charge is 0.315 e. The summed E-state index contributed by atoms with van der Waals surface area (Å²) in [5, 5.41) is 10.3. The first kappa shape index (κ1) is 29.0. The lowest BCUT2D eigenvalue weighted by Crippen LogP contribution is -2.43. The van der Waals surface area contributed by atoms with Crippen LogP contribution in [0.1, 0.15) is 45.9 Å². The van der Waals surface area contributed by atoms with Crippen molar-refractivity contribution in [2.75, 3.05) is 23.7 Å². The van der Waals surface area contributed by atoms with Gasteiger partial charge in [0.1, 0.15) is 12.4 Å². The van der Waals surface area contributed by atoms with Crippen molar-refractivity contribution in [2.45, 2.75) is 46.2 Å². The predicted molar refractivity (Wildman–Crippen MR) is 143 cm³/mol. The first-order valence-corrected chi connectivity index (χ1v) is 12.4. The van der Waals surface area contributed by atoms with Gasteiger partial charge < -0.3 is 15.5 Å². The molecule has 0 saturated carbocycles. The van der Waals surface area contributed by atoms with Crippen molar-refractivity contribution in [1.29, 1.82) is 0 Å². The highest BCUT2D eigenvalue weighted by Gasteiger charge is 2.34. The standard InChI is InChI=1S/C27H31ClF3N5O2/c1-17(2)15-35(25(38)32-21-9-7-6-8-20(21)27(29,30)31)16-24(37)33-23-14-22(26(3,4)5)34-36(23)19-12-10-18(28)11-13-19/h6-14,17H,15-16H2,1-5H3,(H,32,38)(H,33,37). The second kappa shape index (κ2) is 11.5. The van der Waals surface area contributed by atoms with E-state index in [-0.39, 0.29) is 30.1 Å². The number of hydrogen-bond donors (Lipinski definition) is 2. The minimum atomic E-state index is -4.64. The zero-order valence-electron chi connectivity index (χ0n) is 21.9. The summed E-state index contributed by atoms with van der Waals surface area (Å²) >= 11 is 6.02. The molecule has 3 amide bonds. The molecule has 1 aromatic heterocycles. The second-order valence-corrected chi connectivity index (χ2v) is 10.8. The summed E-state index contributed by atoms with van der Waals surface area (Å²) in [6.07, 6.45) is -4.64. The number of halogens is 4. The van der Waals surface area contributed by atoms with E-state index in [4.69, 9.17) is 11.6 Å². The van der Waals surface area contributed by atoms with Crippen molar-refractivity contribution < 1.29 is 22.8 Å². The summed E-state index contributed by atoms with van der Waals surface area (Å²) in [6, 6.07) is 12.6. The van der Waals surface area contributed by atoms with E-state index in [2.05, 4.69) is 15.7 Å². The number of urea groups is 1. The second-order valence-electron chi connectivity index (χ2n) is 10.3. The fraction of sp³-hybridized carbons (Fsp3) is 0.370. The third-order valence-corrected chi connectivity index (χ3v) is 5.75. The average molecular weight is 550 g/mol. The maximum atomic E-state index is 13.4. The highest BCUT2D eigenvalue weighted by atomic mass is 35.5. The van der Waals surface area contributed by atoms with E-state index in [0.29, 0.717) is 16.5 Å². The molecule has 11 heteroatoms. The van der Waals surface area contributed by atoms with Gasteiger partial charge in [-0.15, -0.1) is 0 Å². The first-order chi connectivity index (χ1) is 17.6. The lowest BCUT2D eigenvalue weighted by Gasteiger charge is -2.25. The number of carbonyl (C=O) groups is 2. The van der Waals surface area contributed by atoms with Gasteiger partial charge in [-0.05, 0) is 42.3 Å². The molecule has 7 nitrogen and oxygen atoms in total. The molecular weight excluding hydrogens is 519 g/mol. The van der Waals surface area contributed by atoms with Crippen LogP contribution in [0.3, 0.4) is 0 Å². The third kappa shape index (κ3) is 7.50. The number of alkyl halides is 3. The molecule has 0 spiro atoms. The average Bonchev–Trinajstić information content (AvgIpc) is 3.22. The topological polar surface area (TPSA) is 79.3 Å². The van der Waals surface area contributed by atoms with Crippen LogP contribution in [0.2, 0.25) is 5.02 Å². The van der Waals surface area contributed by atoms with E-state index >= 15 is 0 Å². The van der Waals surface area contributed by atoms with Gasteiger partial charge in [-0.2, -0.15) is 18.3 Å². The van der Waals surface area contributed by atoms with Crippen LogP contribution in [0, 0.1) is 5.92 Å². The van der Waals surface area contributed by atoms with Crippen LogP contribution >= 0.6 is 11.6 Å². The molecule has 0 radical (unpaired) electrons. The maximum Gasteiger partial charge on any atom is 0.418 e. The van der Waals surface area contributed by atoms with E-state index in [9.17, 15) is 22.8 Å². The Bertz CT molecular complexity index is 1280. The van der Waals surface area contributed by atoms with Gasteiger partial charge in [0.15, 0.2) is 0 Å². The van der Waals surface area contributed by atoms with E-state index in [0.717, 1.165) is 11.8 Å². The normalized spacial score (nSPS) is 11.9. The zero-order chi connectivity index (χ0) is 28.3. The van der Waals surface area contributed by atoms with Gasteiger partial charge >= 0.3 is 12.2 Å². The fourth-order valence-corrected chi connectivity index (χ4v) is 3.79. The van der Waals surface area contributed by atoms with Gasteiger partial charge in [-0.3, -0.25) is 4.79 Å². The molecule has 0 aliphatic rings. The van der Waals surface area contributed by atoms with Crippen molar-refractivity contribution in [1.82, 2.24) is 14.7 Å². The summed E-state index contributed by atoms with van der Waals surface area (Å²) < 4.78 is 41.8. The molecule has 38 heavy (non-hydrogen) atoms. The zero-order valence-corrected chi connectivity index (χ0v) is 22.6. The summed E-state index contributed by atoms with van der Waals surface area (Å²) in [6.45, 7) is 9.41. The van der Waals surface area contributed by atoms with Gasteiger partial charge in [0.25, 0.3) is 0 Å². The Balaban J connectivity index is 1.84. The number of nitrogens with zero attached hydrogens (tertiary/aromatic N) is 3. The van der Waals surface area contributed by atoms with Crippen LogP contribution in [0.5, 0.6) is 0 Å². The number of amides is 3. The Morgan fingerprint density at radius 1 is 1.03 bits per heavy atom. The number of hydrogen-bond acceptors (Lipinski definition) is 3. The lowest BCUT2D eigenvalue weighted by molar-refractivity contribution is -0.137. The minimum absolute atomic E-state index is 0.0431.